The van der Waals surface area contributed by atoms with E-state index in [-0.39, 0.29) is 11.9 Å². The fourth-order valence-electron chi connectivity index (χ4n) is 2.55. The van der Waals surface area contributed by atoms with E-state index >= 15 is 0 Å². The normalized spacial score (nSPS) is 17.7. The summed E-state index contributed by atoms with van der Waals surface area (Å²) in [6, 6.07) is 11.1. The van der Waals surface area contributed by atoms with Crippen LogP contribution in [0.5, 0.6) is 5.75 Å². The Morgan fingerprint density at radius 3 is 2.81 bits per heavy atom. The van der Waals surface area contributed by atoms with Crippen molar-refractivity contribution < 1.29 is 13.9 Å². The van der Waals surface area contributed by atoms with Crippen molar-refractivity contribution in [2.45, 2.75) is 19.4 Å². The number of para-hydroxylation sites is 1. The summed E-state index contributed by atoms with van der Waals surface area (Å²) in [5.74, 6) is 1.37. The van der Waals surface area contributed by atoms with Gasteiger partial charge in [0.15, 0.2) is 0 Å². The largest absolute Gasteiger partial charge is 0.496 e. The predicted octanol–water partition coefficient (Wildman–Crippen LogP) is 2.99. The maximum atomic E-state index is 11.8. The zero-order chi connectivity index (χ0) is 14.8. The van der Waals surface area contributed by atoms with Crippen LogP contribution in [0.4, 0.5) is 0 Å². The average molecular weight is 284 g/mol. The Bertz CT molecular complexity index is 677. The van der Waals surface area contributed by atoms with E-state index in [2.05, 4.69) is 5.10 Å². The lowest BCUT2D eigenvalue weighted by Crippen LogP contribution is -2.23. The number of rotatable bonds is 3. The average Bonchev–Trinajstić information content (AvgIpc) is 3.16. The quantitative estimate of drug-likeness (QED) is 0.870. The van der Waals surface area contributed by atoms with Gasteiger partial charge in [0.25, 0.3) is 0 Å². The van der Waals surface area contributed by atoms with E-state index in [0.717, 1.165) is 22.8 Å². The highest BCUT2D eigenvalue weighted by Crippen LogP contribution is 2.34. The summed E-state index contributed by atoms with van der Waals surface area (Å²) in [6.07, 6.45) is 2.21. The standard InChI is InChI=1S/C16H16N2O3/c1-11(19)18-14(16-8-5-9-21-16)10-13(17-18)12-6-3-4-7-15(12)20-2/h3-9,14H,10H2,1-2H3. The lowest BCUT2D eigenvalue weighted by Gasteiger charge is -2.17. The smallest absolute Gasteiger partial charge is 0.240 e. The van der Waals surface area contributed by atoms with Crippen LogP contribution in [0.15, 0.2) is 52.2 Å². The van der Waals surface area contributed by atoms with Crippen molar-refractivity contribution in [1.82, 2.24) is 5.01 Å². The van der Waals surface area contributed by atoms with Crippen LogP contribution < -0.4 is 4.74 Å². The molecule has 1 amide bonds. The second-order valence-corrected chi connectivity index (χ2v) is 4.85. The van der Waals surface area contributed by atoms with Crippen LogP contribution in [0.1, 0.15) is 30.7 Å². The van der Waals surface area contributed by atoms with Crippen LogP contribution in [0, 0.1) is 0 Å². The number of hydrogen-bond acceptors (Lipinski definition) is 4. The molecule has 0 saturated heterocycles. The minimum atomic E-state index is -0.197. The molecule has 0 saturated carbocycles. The third kappa shape index (κ3) is 2.42. The van der Waals surface area contributed by atoms with Crippen LogP contribution >= 0.6 is 0 Å². The predicted molar refractivity (Wildman–Crippen MR) is 78.1 cm³/mol. The van der Waals surface area contributed by atoms with Crippen molar-refractivity contribution in [3.05, 3.63) is 54.0 Å². The van der Waals surface area contributed by atoms with E-state index in [1.807, 2.05) is 36.4 Å². The number of methoxy groups -OCH3 is 1. The summed E-state index contributed by atoms with van der Waals surface area (Å²) >= 11 is 0. The molecule has 2 aromatic rings. The van der Waals surface area contributed by atoms with Crippen molar-refractivity contribution in [2.24, 2.45) is 5.10 Å². The summed E-state index contributed by atoms with van der Waals surface area (Å²) in [5, 5.41) is 5.94. The van der Waals surface area contributed by atoms with Crippen LogP contribution in [0.2, 0.25) is 0 Å². The molecule has 0 N–H and O–H groups in total. The third-order valence-corrected chi connectivity index (χ3v) is 3.52. The van der Waals surface area contributed by atoms with E-state index in [0.29, 0.717) is 6.42 Å². The number of hydrazone groups is 1. The van der Waals surface area contributed by atoms with Gasteiger partial charge in [-0.3, -0.25) is 4.79 Å². The number of carbonyl (C=O) groups excluding carboxylic acids is 1. The van der Waals surface area contributed by atoms with Gasteiger partial charge in [0.2, 0.25) is 5.91 Å². The van der Waals surface area contributed by atoms with Gasteiger partial charge >= 0.3 is 0 Å². The van der Waals surface area contributed by atoms with Gasteiger partial charge in [-0.1, -0.05) is 12.1 Å². The molecular weight excluding hydrogens is 268 g/mol. The van der Waals surface area contributed by atoms with Crippen LogP contribution in [0.3, 0.4) is 0 Å². The highest BCUT2D eigenvalue weighted by Gasteiger charge is 2.33. The molecular formula is C16H16N2O3. The first-order valence-electron chi connectivity index (χ1n) is 6.74. The van der Waals surface area contributed by atoms with Gasteiger partial charge in [0.05, 0.1) is 19.1 Å². The maximum absolute atomic E-state index is 11.8. The van der Waals surface area contributed by atoms with E-state index in [9.17, 15) is 4.79 Å². The molecule has 1 aliphatic rings. The lowest BCUT2D eigenvalue weighted by atomic mass is 10.0. The molecule has 5 nitrogen and oxygen atoms in total. The Balaban J connectivity index is 1.98. The van der Waals surface area contributed by atoms with Crippen molar-refractivity contribution in [2.75, 3.05) is 7.11 Å². The number of furan rings is 1. The SMILES string of the molecule is COc1ccccc1C1=NN(C(C)=O)C(c2ccco2)C1. The van der Waals surface area contributed by atoms with Gasteiger partial charge in [-0.2, -0.15) is 5.10 Å². The van der Waals surface area contributed by atoms with Crippen molar-refractivity contribution in [1.29, 1.82) is 0 Å². The molecule has 3 rings (SSSR count). The van der Waals surface area contributed by atoms with E-state index in [4.69, 9.17) is 9.15 Å². The Morgan fingerprint density at radius 2 is 2.14 bits per heavy atom. The Hall–Kier alpha value is -2.56. The summed E-state index contributed by atoms with van der Waals surface area (Å²) in [5.41, 5.74) is 1.73. The van der Waals surface area contributed by atoms with Gasteiger partial charge in [-0.05, 0) is 24.3 Å². The van der Waals surface area contributed by atoms with Gasteiger partial charge in [-0.25, -0.2) is 5.01 Å². The van der Waals surface area contributed by atoms with E-state index in [1.165, 1.54) is 11.9 Å². The van der Waals surface area contributed by atoms with Gasteiger partial charge in [-0.15, -0.1) is 0 Å². The van der Waals surface area contributed by atoms with Crippen LogP contribution in [0.25, 0.3) is 0 Å². The Labute approximate surface area is 122 Å². The van der Waals surface area contributed by atoms with E-state index in [1.54, 1.807) is 13.4 Å². The van der Waals surface area contributed by atoms with Crippen molar-refractivity contribution >= 4 is 11.6 Å². The molecule has 0 spiro atoms. The molecule has 2 heterocycles. The third-order valence-electron chi connectivity index (χ3n) is 3.52. The van der Waals surface area contributed by atoms with Crippen LogP contribution in [-0.4, -0.2) is 23.7 Å². The zero-order valence-corrected chi connectivity index (χ0v) is 11.9. The van der Waals surface area contributed by atoms with Crippen LogP contribution in [-0.2, 0) is 4.79 Å². The first kappa shape index (κ1) is 13.4. The van der Waals surface area contributed by atoms with Crippen molar-refractivity contribution in [3.63, 3.8) is 0 Å². The number of benzene rings is 1. The van der Waals surface area contributed by atoms with Gasteiger partial charge in [0.1, 0.15) is 17.6 Å². The fraction of sp³-hybridized carbons (Fsp3) is 0.250. The number of carbonyl (C=O) groups is 1. The van der Waals surface area contributed by atoms with E-state index < -0.39 is 0 Å². The van der Waals surface area contributed by atoms with Crippen molar-refractivity contribution in [3.8, 4) is 5.75 Å². The van der Waals surface area contributed by atoms with Gasteiger partial charge in [0, 0.05) is 18.9 Å². The molecule has 1 aliphatic heterocycles. The molecule has 1 atom stereocenters. The van der Waals surface area contributed by atoms with Gasteiger partial charge < -0.3 is 9.15 Å². The minimum absolute atomic E-state index is 0.110. The lowest BCUT2D eigenvalue weighted by molar-refractivity contribution is -0.130. The number of hydrogen-bond donors (Lipinski definition) is 0. The summed E-state index contributed by atoms with van der Waals surface area (Å²) in [6.45, 7) is 1.50. The molecule has 21 heavy (non-hydrogen) atoms. The zero-order valence-electron chi connectivity index (χ0n) is 11.9. The summed E-state index contributed by atoms with van der Waals surface area (Å²) < 4.78 is 10.8. The fourth-order valence-corrected chi connectivity index (χ4v) is 2.55. The first-order chi connectivity index (χ1) is 10.2. The summed E-state index contributed by atoms with van der Waals surface area (Å²) in [7, 11) is 1.63. The number of ether oxygens (including phenoxy) is 1. The summed E-state index contributed by atoms with van der Waals surface area (Å²) in [4.78, 5) is 11.8. The number of amides is 1. The maximum Gasteiger partial charge on any atom is 0.240 e. The topological polar surface area (TPSA) is 55.0 Å². The monoisotopic (exact) mass is 284 g/mol. The molecule has 0 fully saturated rings. The Morgan fingerprint density at radius 1 is 1.33 bits per heavy atom. The second-order valence-electron chi connectivity index (χ2n) is 4.85. The first-order valence-corrected chi connectivity index (χ1v) is 6.74. The molecule has 0 bridgehead atoms. The highest BCUT2D eigenvalue weighted by molar-refractivity contribution is 6.05. The molecule has 5 heteroatoms. The second kappa shape index (κ2) is 5.44. The Kier molecular flexibility index (Phi) is 3.48. The molecule has 0 aliphatic carbocycles. The molecule has 108 valence electrons. The molecule has 1 unspecified atom stereocenters. The number of nitrogens with zero attached hydrogens (tertiary/aromatic N) is 2. The minimum Gasteiger partial charge on any atom is -0.496 e. The molecule has 0 radical (unpaired) electrons. The molecule has 1 aromatic heterocycles. The molecule has 1 aromatic carbocycles. The highest BCUT2D eigenvalue weighted by atomic mass is 16.5.